The van der Waals surface area contributed by atoms with Crippen LogP contribution in [0.25, 0.3) is 5.76 Å². The minimum atomic E-state index is -0.853. The van der Waals surface area contributed by atoms with E-state index in [2.05, 4.69) is 13.8 Å². The summed E-state index contributed by atoms with van der Waals surface area (Å²) in [6, 6.07) is 11.1. The van der Waals surface area contributed by atoms with Gasteiger partial charge in [-0.1, -0.05) is 13.8 Å². The Hall–Kier alpha value is -3.52. The van der Waals surface area contributed by atoms with E-state index < -0.39 is 17.7 Å². The molecule has 0 saturated carbocycles. The summed E-state index contributed by atoms with van der Waals surface area (Å²) in [6.45, 7) is 5.36. The number of nitrogens with zero attached hydrogens (tertiary/aromatic N) is 1. The number of amides is 1. The van der Waals surface area contributed by atoms with Crippen LogP contribution in [0.15, 0.2) is 48.0 Å². The van der Waals surface area contributed by atoms with Crippen LogP contribution in [-0.2, 0) is 14.3 Å². The van der Waals surface area contributed by atoms with Gasteiger partial charge in [0, 0.05) is 31.4 Å². The van der Waals surface area contributed by atoms with E-state index in [-0.39, 0.29) is 17.9 Å². The maximum atomic E-state index is 13.2. The van der Waals surface area contributed by atoms with Gasteiger partial charge in [0.15, 0.2) is 0 Å². The van der Waals surface area contributed by atoms with Crippen molar-refractivity contribution >= 4 is 17.4 Å². The Bertz CT molecular complexity index is 1080. The third-order valence-corrected chi connectivity index (χ3v) is 5.73. The van der Waals surface area contributed by atoms with Crippen molar-refractivity contribution in [2.75, 3.05) is 41.1 Å². The highest BCUT2D eigenvalue weighted by molar-refractivity contribution is 6.46. The van der Waals surface area contributed by atoms with Gasteiger partial charge in [0.1, 0.15) is 23.0 Å². The van der Waals surface area contributed by atoms with Gasteiger partial charge in [-0.25, -0.2) is 0 Å². The highest BCUT2D eigenvalue weighted by atomic mass is 16.5. The second-order valence-electron chi connectivity index (χ2n) is 8.68. The molecule has 0 bridgehead atoms. The molecule has 1 saturated heterocycles. The van der Waals surface area contributed by atoms with Gasteiger partial charge in [0.05, 0.1) is 32.4 Å². The number of hydrogen-bond acceptors (Lipinski definition) is 7. The van der Waals surface area contributed by atoms with E-state index in [0.29, 0.717) is 53.9 Å². The maximum absolute atomic E-state index is 13.2. The van der Waals surface area contributed by atoms with Crippen LogP contribution in [0.1, 0.15) is 37.4 Å². The van der Waals surface area contributed by atoms with Gasteiger partial charge in [0.25, 0.3) is 11.7 Å². The standard InChI is InChI=1S/C27H33NO7/c1-17(2)16-35-19-9-7-18(8-10-19)25(29)23-24(21-15-20(33-4)11-12-22(21)34-5)28(13-6-14-32-3)27(31)26(23)30/h7-12,15,17,24,29H,6,13-14,16H2,1-5H3/b25-23+/t24-/m1/s1. The van der Waals surface area contributed by atoms with Crippen LogP contribution in [0, 0.1) is 5.92 Å². The SMILES string of the molecule is COCCCN1C(=O)C(=O)/C(=C(/O)c2ccc(OCC(C)C)cc2)[C@H]1c1cc(OC)ccc1OC. The Morgan fingerprint density at radius 1 is 1.00 bits per heavy atom. The monoisotopic (exact) mass is 483 g/mol. The van der Waals surface area contributed by atoms with E-state index in [1.54, 1.807) is 49.6 Å². The number of carbonyl (C=O) groups is 2. The number of likely N-dealkylation sites (tertiary alicyclic amines) is 1. The summed E-state index contributed by atoms with van der Waals surface area (Å²) in [5, 5.41) is 11.3. The predicted octanol–water partition coefficient (Wildman–Crippen LogP) is 4.20. The lowest BCUT2D eigenvalue weighted by molar-refractivity contribution is -0.140. The lowest BCUT2D eigenvalue weighted by Crippen LogP contribution is -2.31. The van der Waals surface area contributed by atoms with Crippen LogP contribution in [0.4, 0.5) is 0 Å². The average Bonchev–Trinajstić information content (AvgIpc) is 3.12. The maximum Gasteiger partial charge on any atom is 0.295 e. The van der Waals surface area contributed by atoms with E-state index in [9.17, 15) is 14.7 Å². The summed E-state index contributed by atoms with van der Waals surface area (Å²) in [7, 11) is 4.62. The van der Waals surface area contributed by atoms with E-state index in [4.69, 9.17) is 18.9 Å². The van der Waals surface area contributed by atoms with Crippen LogP contribution in [0.5, 0.6) is 17.2 Å². The molecule has 1 heterocycles. The molecule has 0 spiro atoms. The number of ether oxygens (including phenoxy) is 4. The lowest BCUT2D eigenvalue weighted by Gasteiger charge is -2.27. The highest BCUT2D eigenvalue weighted by Gasteiger charge is 2.47. The summed E-state index contributed by atoms with van der Waals surface area (Å²) >= 11 is 0. The Morgan fingerprint density at radius 3 is 2.29 bits per heavy atom. The molecule has 1 atom stereocenters. The zero-order valence-electron chi connectivity index (χ0n) is 20.9. The van der Waals surface area contributed by atoms with Gasteiger partial charge in [-0.2, -0.15) is 0 Å². The molecule has 8 nitrogen and oxygen atoms in total. The average molecular weight is 484 g/mol. The Labute approximate surface area is 206 Å². The molecule has 0 unspecified atom stereocenters. The number of aliphatic hydroxyl groups excluding tert-OH is 1. The molecule has 2 aromatic carbocycles. The van der Waals surface area contributed by atoms with Gasteiger partial charge in [-0.3, -0.25) is 9.59 Å². The molecule has 0 radical (unpaired) electrons. The van der Waals surface area contributed by atoms with Gasteiger partial charge < -0.3 is 29.0 Å². The van der Waals surface area contributed by atoms with E-state index in [1.165, 1.54) is 19.1 Å². The molecule has 1 fully saturated rings. The molecule has 1 N–H and O–H groups in total. The fraction of sp³-hybridized carbons (Fsp3) is 0.407. The highest BCUT2D eigenvalue weighted by Crippen LogP contribution is 2.44. The molecule has 188 valence electrons. The fourth-order valence-corrected chi connectivity index (χ4v) is 3.99. The molecule has 1 aliphatic rings. The van der Waals surface area contributed by atoms with Gasteiger partial charge in [-0.05, 0) is 54.8 Å². The number of benzene rings is 2. The first-order valence-corrected chi connectivity index (χ1v) is 11.5. The Balaban J connectivity index is 2.10. The number of Topliss-reactive ketones (excluding diaryl/α,β-unsaturated/α-hetero) is 1. The summed E-state index contributed by atoms with van der Waals surface area (Å²) in [5.74, 6) is 0.330. The molecular formula is C27H33NO7. The van der Waals surface area contributed by atoms with Gasteiger partial charge in [0.2, 0.25) is 0 Å². The molecule has 8 heteroatoms. The predicted molar refractivity (Wildman–Crippen MR) is 132 cm³/mol. The van der Waals surface area contributed by atoms with Crippen LogP contribution < -0.4 is 14.2 Å². The quantitative estimate of drug-likeness (QED) is 0.222. The molecule has 0 aromatic heterocycles. The Kier molecular flexibility index (Phi) is 8.76. The number of ketones is 1. The minimum Gasteiger partial charge on any atom is -0.507 e. The van der Waals surface area contributed by atoms with E-state index in [0.717, 1.165) is 0 Å². The van der Waals surface area contributed by atoms with Crippen molar-refractivity contribution < 1.29 is 33.6 Å². The van der Waals surface area contributed by atoms with Crippen molar-refractivity contribution in [2.24, 2.45) is 5.92 Å². The van der Waals surface area contributed by atoms with Gasteiger partial charge in [-0.15, -0.1) is 0 Å². The van der Waals surface area contributed by atoms with E-state index >= 15 is 0 Å². The second kappa shape index (κ2) is 11.8. The Morgan fingerprint density at radius 2 is 1.69 bits per heavy atom. The van der Waals surface area contributed by atoms with Crippen molar-refractivity contribution in [2.45, 2.75) is 26.3 Å². The van der Waals surface area contributed by atoms with Crippen molar-refractivity contribution in [1.82, 2.24) is 4.90 Å². The third-order valence-electron chi connectivity index (χ3n) is 5.73. The van der Waals surface area contributed by atoms with Crippen molar-refractivity contribution in [3.8, 4) is 17.2 Å². The number of methoxy groups -OCH3 is 3. The van der Waals surface area contributed by atoms with Crippen molar-refractivity contribution in [3.05, 3.63) is 59.2 Å². The molecular weight excluding hydrogens is 450 g/mol. The molecule has 0 aliphatic carbocycles. The van der Waals surface area contributed by atoms with Crippen LogP contribution in [0.2, 0.25) is 0 Å². The normalized spacial score (nSPS) is 17.2. The van der Waals surface area contributed by atoms with E-state index in [1.807, 2.05) is 0 Å². The summed E-state index contributed by atoms with van der Waals surface area (Å²) < 4.78 is 21.8. The molecule has 2 aromatic rings. The molecule has 1 amide bonds. The zero-order valence-corrected chi connectivity index (χ0v) is 20.9. The topological polar surface area (TPSA) is 94.5 Å². The van der Waals surface area contributed by atoms with Crippen molar-refractivity contribution in [3.63, 3.8) is 0 Å². The second-order valence-corrected chi connectivity index (χ2v) is 8.68. The third kappa shape index (κ3) is 5.77. The van der Waals surface area contributed by atoms with Gasteiger partial charge >= 0.3 is 0 Å². The lowest BCUT2D eigenvalue weighted by atomic mass is 9.94. The molecule has 1 aliphatic heterocycles. The number of hydrogen-bond donors (Lipinski definition) is 1. The molecule has 35 heavy (non-hydrogen) atoms. The number of carbonyl (C=O) groups excluding carboxylic acids is 2. The zero-order chi connectivity index (χ0) is 25.5. The fourth-order valence-electron chi connectivity index (χ4n) is 3.99. The smallest absolute Gasteiger partial charge is 0.295 e. The molecule has 3 rings (SSSR count). The summed E-state index contributed by atoms with van der Waals surface area (Å²) in [6.07, 6.45) is 0.522. The van der Waals surface area contributed by atoms with Crippen LogP contribution in [0.3, 0.4) is 0 Å². The minimum absolute atomic E-state index is 0.00480. The summed E-state index contributed by atoms with van der Waals surface area (Å²) in [4.78, 5) is 27.7. The number of rotatable bonds is 11. The first-order valence-electron chi connectivity index (χ1n) is 11.5. The van der Waals surface area contributed by atoms with Crippen LogP contribution >= 0.6 is 0 Å². The van der Waals surface area contributed by atoms with Crippen LogP contribution in [-0.4, -0.2) is 62.8 Å². The largest absolute Gasteiger partial charge is 0.507 e. The first-order chi connectivity index (χ1) is 16.8. The van der Waals surface area contributed by atoms with Crippen molar-refractivity contribution in [1.29, 1.82) is 0 Å². The number of aliphatic hydroxyl groups is 1. The summed E-state index contributed by atoms with van der Waals surface area (Å²) in [5.41, 5.74) is 0.945. The first kappa shape index (κ1) is 26.1.